The minimum atomic E-state index is 0. The molecule has 0 bridgehead atoms. The quantitative estimate of drug-likeness (QED) is 0.368. The summed E-state index contributed by atoms with van der Waals surface area (Å²) in [5.74, 6) is 0.935. The maximum atomic E-state index is 5.21. The monoisotopic (exact) mass is 170 g/mol. The molecule has 1 aliphatic rings. The predicted octanol–water partition coefficient (Wildman–Crippen LogP) is -0.742. The van der Waals surface area contributed by atoms with Crippen molar-refractivity contribution in [3.8, 4) is 5.75 Å². The van der Waals surface area contributed by atoms with E-state index in [9.17, 15) is 0 Å². The van der Waals surface area contributed by atoms with Gasteiger partial charge >= 0.3 is 51.4 Å². The Morgan fingerprint density at radius 1 is 1.18 bits per heavy atom. The summed E-state index contributed by atoms with van der Waals surface area (Å²) in [5, 5.41) is 0. The van der Waals surface area contributed by atoms with Gasteiger partial charge in [-0.2, -0.15) is 12.2 Å². The summed E-state index contributed by atoms with van der Waals surface area (Å²) in [7, 11) is 0. The van der Waals surface area contributed by atoms with Gasteiger partial charge in [0, 0.05) is 0 Å². The number of ether oxygens (including phenoxy) is 1. The number of para-hydroxylation sites is 1. The summed E-state index contributed by atoms with van der Waals surface area (Å²) in [5.41, 5.74) is 1.14. The van der Waals surface area contributed by atoms with E-state index in [1.807, 2.05) is 36.4 Å². The SMILES string of the molecule is C1=Cc2ccccc2O[CH-]1.[K+]. The van der Waals surface area contributed by atoms with Gasteiger partial charge in [0.05, 0.1) is 5.75 Å². The zero-order valence-corrected chi connectivity index (χ0v) is 9.57. The summed E-state index contributed by atoms with van der Waals surface area (Å²) in [4.78, 5) is 0. The van der Waals surface area contributed by atoms with Crippen molar-refractivity contribution < 1.29 is 56.1 Å². The first-order valence-electron chi connectivity index (χ1n) is 3.22. The van der Waals surface area contributed by atoms with Gasteiger partial charge < -0.3 is 4.74 Å². The normalized spacial score (nSPS) is 12.0. The third kappa shape index (κ3) is 2.10. The summed E-state index contributed by atoms with van der Waals surface area (Å²) in [6.45, 7) is 1.68. The number of rotatable bonds is 0. The van der Waals surface area contributed by atoms with E-state index in [1.165, 1.54) is 0 Å². The average Bonchev–Trinajstić information content (AvgIpc) is 2.05. The second kappa shape index (κ2) is 4.33. The molecule has 0 aliphatic carbocycles. The molecular formula is C9H7KO. The van der Waals surface area contributed by atoms with Gasteiger partial charge in [0.15, 0.2) is 0 Å². The molecule has 1 aromatic rings. The van der Waals surface area contributed by atoms with E-state index >= 15 is 0 Å². The molecule has 1 nitrogen and oxygen atoms in total. The maximum absolute atomic E-state index is 5.21. The molecule has 0 amide bonds. The van der Waals surface area contributed by atoms with Gasteiger partial charge in [-0.25, -0.2) is 0 Å². The molecule has 0 fully saturated rings. The van der Waals surface area contributed by atoms with Crippen LogP contribution in [-0.2, 0) is 0 Å². The molecule has 1 aliphatic heterocycles. The Bertz CT molecular complexity index is 268. The fraction of sp³-hybridized carbons (Fsp3) is 0. The summed E-state index contributed by atoms with van der Waals surface area (Å²) in [6.07, 6.45) is 3.92. The minimum absolute atomic E-state index is 0. The van der Waals surface area contributed by atoms with E-state index in [0.29, 0.717) is 0 Å². The van der Waals surface area contributed by atoms with Crippen LogP contribution in [0.3, 0.4) is 0 Å². The van der Waals surface area contributed by atoms with Crippen molar-refractivity contribution in [2.75, 3.05) is 0 Å². The fourth-order valence-corrected chi connectivity index (χ4v) is 0.981. The molecule has 1 aromatic carbocycles. The molecular weight excluding hydrogens is 163 g/mol. The smallest absolute Gasteiger partial charge is 0.554 e. The van der Waals surface area contributed by atoms with Gasteiger partial charge in [-0.1, -0.05) is 30.4 Å². The molecule has 2 heteroatoms. The number of hydrogen-bond acceptors (Lipinski definition) is 1. The Labute approximate surface area is 109 Å². The average molecular weight is 170 g/mol. The van der Waals surface area contributed by atoms with E-state index < -0.39 is 0 Å². The summed E-state index contributed by atoms with van der Waals surface area (Å²) >= 11 is 0. The van der Waals surface area contributed by atoms with Gasteiger partial charge in [-0.05, 0) is 6.07 Å². The zero-order valence-electron chi connectivity index (χ0n) is 6.45. The molecule has 0 saturated carbocycles. The van der Waals surface area contributed by atoms with E-state index in [4.69, 9.17) is 4.74 Å². The molecule has 2 rings (SSSR count). The molecule has 0 atom stereocenters. The van der Waals surface area contributed by atoms with Crippen LogP contribution in [0.5, 0.6) is 5.75 Å². The van der Waals surface area contributed by atoms with Crippen molar-refractivity contribution in [2.24, 2.45) is 0 Å². The van der Waals surface area contributed by atoms with Crippen LogP contribution < -0.4 is 56.1 Å². The molecule has 0 aromatic heterocycles. The Morgan fingerprint density at radius 2 is 2.00 bits per heavy atom. The van der Waals surface area contributed by atoms with Crippen molar-refractivity contribution in [1.29, 1.82) is 0 Å². The van der Waals surface area contributed by atoms with E-state index in [1.54, 1.807) is 6.61 Å². The maximum Gasteiger partial charge on any atom is 1.00 e. The predicted molar refractivity (Wildman–Crippen MR) is 40.4 cm³/mol. The largest absolute Gasteiger partial charge is 1.00 e. The van der Waals surface area contributed by atoms with Crippen LogP contribution in [0.4, 0.5) is 0 Å². The Morgan fingerprint density at radius 3 is 2.82 bits per heavy atom. The van der Waals surface area contributed by atoms with Gasteiger partial charge in [0.2, 0.25) is 0 Å². The molecule has 0 N–H and O–H groups in total. The first-order chi connectivity index (χ1) is 4.97. The number of benzene rings is 1. The van der Waals surface area contributed by atoms with Gasteiger partial charge in [-0.3, -0.25) is 0 Å². The minimum Gasteiger partial charge on any atom is -0.554 e. The van der Waals surface area contributed by atoms with Crippen LogP contribution >= 0.6 is 0 Å². The second-order valence-electron chi connectivity index (χ2n) is 2.15. The Hall–Kier alpha value is 0.266. The topological polar surface area (TPSA) is 9.23 Å². The molecule has 0 radical (unpaired) electrons. The van der Waals surface area contributed by atoms with Gasteiger partial charge in [0.1, 0.15) is 0 Å². The van der Waals surface area contributed by atoms with Crippen molar-refractivity contribution >= 4 is 6.08 Å². The molecule has 0 saturated heterocycles. The number of hydrogen-bond donors (Lipinski definition) is 0. The number of fused-ring (bicyclic) bond motifs is 1. The molecule has 11 heavy (non-hydrogen) atoms. The van der Waals surface area contributed by atoms with Crippen LogP contribution in [0.25, 0.3) is 6.08 Å². The first kappa shape index (κ1) is 9.36. The molecule has 0 unspecified atom stereocenters. The van der Waals surface area contributed by atoms with Crippen LogP contribution in [0.15, 0.2) is 30.3 Å². The van der Waals surface area contributed by atoms with Crippen LogP contribution in [0.1, 0.15) is 5.56 Å². The molecule has 0 spiro atoms. The van der Waals surface area contributed by atoms with E-state index in [-0.39, 0.29) is 51.4 Å². The van der Waals surface area contributed by atoms with Crippen molar-refractivity contribution in [2.45, 2.75) is 0 Å². The second-order valence-corrected chi connectivity index (χ2v) is 2.15. The van der Waals surface area contributed by atoms with Gasteiger partial charge in [0.25, 0.3) is 0 Å². The van der Waals surface area contributed by atoms with Crippen LogP contribution in [-0.4, -0.2) is 0 Å². The third-order valence-corrected chi connectivity index (χ3v) is 1.47. The standard InChI is InChI=1S/C9H7O.K/c1-2-6-9-8(4-1)5-3-7-10-9;/h1-7H;/q-1;+1. The fourth-order valence-electron chi connectivity index (χ4n) is 0.981. The van der Waals surface area contributed by atoms with Gasteiger partial charge in [-0.15, -0.1) is 0 Å². The zero-order chi connectivity index (χ0) is 6.81. The van der Waals surface area contributed by atoms with Crippen molar-refractivity contribution in [1.82, 2.24) is 0 Å². The summed E-state index contributed by atoms with van der Waals surface area (Å²) < 4.78 is 5.21. The third-order valence-electron chi connectivity index (χ3n) is 1.47. The van der Waals surface area contributed by atoms with Crippen LogP contribution in [0, 0.1) is 6.61 Å². The summed E-state index contributed by atoms with van der Waals surface area (Å²) in [6, 6.07) is 7.94. The van der Waals surface area contributed by atoms with Crippen LogP contribution in [0.2, 0.25) is 0 Å². The Kier molecular flexibility index (Phi) is 3.68. The van der Waals surface area contributed by atoms with Crippen molar-refractivity contribution in [3.05, 3.63) is 42.5 Å². The Balaban J connectivity index is 0.000000605. The van der Waals surface area contributed by atoms with Crippen molar-refractivity contribution in [3.63, 3.8) is 0 Å². The molecule has 50 valence electrons. The van der Waals surface area contributed by atoms with E-state index in [2.05, 4.69) is 0 Å². The molecule has 1 heterocycles. The first-order valence-corrected chi connectivity index (χ1v) is 3.22. The van der Waals surface area contributed by atoms with E-state index in [0.717, 1.165) is 11.3 Å².